The molecule has 3 aromatic carbocycles. The molecule has 4 rings (SSSR count). The Morgan fingerprint density at radius 1 is 1.06 bits per heavy atom. The number of carbonyl (C=O) groups excluding carboxylic acids is 2. The average molecular weight is 577 g/mol. The molecule has 0 saturated carbocycles. The predicted molar refractivity (Wildman–Crippen MR) is 130 cm³/mol. The zero-order valence-corrected chi connectivity index (χ0v) is 20.4. The predicted octanol–water partition coefficient (Wildman–Crippen LogP) is 6.06. The minimum atomic E-state index is -1.09. The summed E-state index contributed by atoms with van der Waals surface area (Å²) in [5.41, 5.74) is 1.55. The van der Waals surface area contributed by atoms with Gasteiger partial charge < -0.3 is 9.84 Å². The van der Waals surface area contributed by atoms with E-state index in [-0.39, 0.29) is 17.7 Å². The van der Waals surface area contributed by atoms with Gasteiger partial charge in [-0.2, -0.15) is 0 Å². The van der Waals surface area contributed by atoms with Crippen molar-refractivity contribution in [2.45, 2.75) is 6.54 Å². The van der Waals surface area contributed by atoms with Gasteiger partial charge in [-0.05, 0) is 83.7 Å². The Morgan fingerprint density at radius 2 is 1.75 bits per heavy atom. The summed E-state index contributed by atoms with van der Waals surface area (Å²) in [6, 6.07) is 17.1. The molecular formula is C23H15Br2NO5S. The Morgan fingerprint density at radius 3 is 2.47 bits per heavy atom. The van der Waals surface area contributed by atoms with Crippen LogP contribution in [0.5, 0.6) is 5.75 Å². The molecule has 6 nitrogen and oxygen atoms in total. The van der Waals surface area contributed by atoms with Crippen LogP contribution in [0.15, 0.2) is 68.4 Å². The molecule has 0 spiro atoms. The number of thioether (sulfide) groups is 1. The second-order valence-electron chi connectivity index (χ2n) is 6.90. The van der Waals surface area contributed by atoms with Crippen LogP contribution < -0.4 is 4.74 Å². The summed E-state index contributed by atoms with van der Waals surface area (Å²) in [6.45, 7) is -0.289. The Labute approximate surface area is 204 Å². The number of aliphatic carboxylic acids is 1. The molecule has 1 saturated heterocycles. The fourth-order valence-corrected chi connectivity index (χ4v) is 5.61. The number of imide groups is 1. The maximum absolute atomic E-state index is 13.0. The number of ether oxygens (including phenoxy) is 1. The molecule has 0 aliphatic carbocycles. The summed E-state index contributed by atoms with van der Waals surface area (Å²) in [6.07, 6.45) is 1.63. The van der Waals surface area contributed by atoms with Crippen molar-refractivity contribution in [2.75, 3.05) is 6.61 Å². The molecule has 1 heterocycles. The largest absolute Gasteiger partial charge is 0.480 e. The Bertz CT molecular complexity index is 1260. The number of benzene rings is 3. The van der Waals surface area contributed by atoms with E-state index < -0.39 is 12.6 Å². The fraction of sp³-hybridized carbons (Fsp3) is 0.0870. The molecule has 2 amide bonds. The van der Waals surface area contributed by atoms with Gasteiger partial charge in [0, 0.05) is 0 Å². The maximum Gasteiger partial charge on any atom is 0.341 e. The van der Waals surface area contributed by atoms with E-state index in [1.165, 1.54) is 4.90 Å². The lowest BCUT2D eigenvalue weighted by molar-refractivity contribution is -0.139. The molecule has 3 aromatic rings. The SMILES string of the molecule is O=C(O)COc1c(Br)cc(/C=C2\SC(=O)N(Cc3cccc4ccccc34)C2=O)cc1Br. The van der Waals surface area contributed by atoms with E-state index >= 15 is 0 Å². The maximum atomic E-state index is 13.0. The highest BCUT2D eigenvalue weighted by Crippen LogP contribution is 2.38. The Kier molecular flexibility index (Phi) is 6.68. The van der Waals surface area contributed by atoms with Gasteiger partial charge in [0.15, 0.2) is 6.61 Å². The van der Waals surface area contributed by atoms with E-state index in [0.717, 1.165) is 28.1 Å². The van der Waals surface area contributed by atoms with Gasteiger partial charge in [-0.3, -0.25) is 14.5 Å². The highest BCUT2D eigenvalue weighted by Gasteiger charge is 2.35. The van der Waals surface area contributed by atoms with E-state index in [1.54, 1.807) is 18.2 Å². The van der Waals surface area contributed by atoms with E-state index in [2.05, 4.69) is 31.9 Å². The number of nitrogens with zero attached hydrogens (tertiary/aromatic N) is 1. The lowest BCUT2D eigenvalue weighted by Crippen LogP contribution is -2.27. The van der Waals surface area contributed by atoms with Crippen molar-refractivity contribution >= 4 is 77.6 Å². The van der Waals surface area contributed by atoms with Crippen molar-refractivity contribution in [2.24, 2.45) is 0 Å². The summed E-state index contributed by atoms with van der Waals surface area (Å²) in [5, 5.41) is 10.5. The molecule has 32 heavy (non-hydrogen) atoms. The van der Waals surface area contributed by atoms with Crippen LogP contribution in [0, 0.1) is 0 Å². The van der Waals surface area contributed by atoms with Gasteiger partial charge in [-0.15, -0.1) is 0 Å². The normalized spacial score (nSPS) is 15.1. The smallest absolute Gasteiger partial charge is 0.341 e. The van der Waals surface area contributed by atoms with Crippen molar-refractivity contribution in [1.29, 1.82) is 0 Å². The van der Waals surface area contributed by atoms with Gasteiger partial charge in [-0.25, -0.2) is 4.79 Å². The first-order valence-corrected chi connectivity index (χ1v) is 11.8. The van der Waals surface area contributed by atoms with Crippen LogP contribution in [0.1, 0.15) is 11.1 Å². The molecule has 1 N–H and O–H groups in total. The standard InChI is InChI=1S/C23H15Br2NO5S/c24-17-8-13(9-18(25)21(17)31-12-20(27)28)10-19-22(29)26(23(30)32-19)11-15-6-3-5-14-4-1-2-7-16(14)15/h1-10H,11-12H2,(H,27,28)/b19-10-. The van der Waals surface area contributed by atoms with Crippen molar-refractivity contribution in [1.82, 2.24) is 4.90 Å². The van der Waals surface area contributed by atoms with Crippen LogP contribution in [0.4, 0.5) is 4.79 Å². The quantitative estimate of drug-likeness (QED) is 0.359. The van der Waals surface area contributed by atoms with E-state index in [9.17, 15) is 14.4 Å². The van der Waals surface area contributed by atoms with E-state index in [1.807, 2.05) is 42.5 Å². The van der Waals surface area contributed by atoms with Crippen LogP contribution in [-0.4, -0.2) is 33.7 Å². The number of halogens is 2. The zero-order chi connectivity index (χ0) is 22.8. The topological polar surface area (TPSA) is 83.9 Å². The number of carboxylic acid groups (broad SMARTS) is 1. The Balaban J connectivity index is 1.58. The van der Waals surface area contributed by atoms with Crippen LogP contribution in [0.2, 0.25) is 0 Å². The molecule has 162 valence electrons. The van der Waals surface area contributed by atoms with Gasteiger partial charge in [0.2, 0.25) is 0 Å². The molecule has 0 bridgehead atoms. The second kappa shape index (κ2) is 9.48. The zero-order valence-electron chi connectivity index (χ0n) is 16.4. The third-order valence-electron chi connectivity index (χ3n) is 4.74. The molecule has 1 aliphatic rings. The number of amides is 2. The minimum Gasteiger partial charge on any atom is -0.480 e. The Hall–Kier alpha value is -2.62. The molecule has 1 aliphatic heterocycles. The van der Waals surface area contributed by atoms with Gasteiger partial charge in [-0.1, -0.05) is 42.5 Å². The van der Waals surface area contributed by atoms with Crippen molar-refractivity contribution in [3.8, 4) is 5.75 Å². The third kappa shape index (κ3) is 4.74. The van der Waals surface area contributed by atoms with Gasteiger partial charge in [0.05, 0.1) is 20.4 Å². The summed E-state index contributed by atoms with van der Waals surface area (Å²) in [4.78, 5) is 37.9. The van der Waals surface area contributed by atoms with Gasteiger partial charge in [0.1, 0.15) is 5.75 Å². The summed E-state index contributed by atoms with van der Waals surface area (Å²) < 4.78 is 6.31. The highest BCUT2D eigenvalue weighted by molar-refractivity contribution is 9.11. The molecule has 0 radical (unpaired) electrons. The molecule has 0 aromatic heterocycles. The van der Waals surface area contributed by atoms with Gasteiger partial charge in [0.25, 0.3) is 11.1 Å². The summed E-state index contributed by atoms with van der Waals surface area (Å²) in [5.74, 6) is -1.10. The monoisotopic (exact) mass is 575 g/mol. The minimum absolute atomic E-state index is 0.193. The molecule has 1 fully saturated rings. The first kappa shape index (κ1) is 22.6. The summed E-state index contributed by atoms with van der Waals surface area (Å²) >= 11 is 7.60. The molecule has 0 atom stereocenters. The molecular weight excluding hydrogens is 562 g/mol. The first-order valence-electron chi connectivity index (χ1n) is 9.39. The third-order valence-corrected chi connectivity index (χ3v) is 6.83. The highest BCUT2D eigenvalue weighted by atomic mass is 79.9. The van der Waals surface area contributed by atoms with Crippen LogP contribution >= 0.6 is 43.6 Å². The van der Waals surface area contributed by atoms with Crippen molar-refractivity contribution in [3.05, 3.63) is 79.6 Å². The number of hydrogen-bond acceptors (Lipinski definition) is 5. The number of hydrogen-bond donors (Lipinski definition) is 1. The number of fused-ring (bicyclic) bond motifs is 1. The first-order chi connectivity index (χ1) is 15.3. The average Bonchev–Trinajstić information content (AvgIpc) is 3.00. The number of carbonyl (C=O) groups is 3. The van der Waals surface area contributed by atoms with Gasteiger partial charge >= 0.3 is 5.97 Å². The second-order valence-corrected chi connectivity index (χ2v) is 9.60. The molecule has 0 unspecified atom stereocenters. The van der Waals surface area contributed by atoms with Crippen LogP contribution in [0.25, 0.3) is 16.8 Å². The van der Waals surface area contributed by atoms with E-state index in [4.69, 9.17) is 9.84 Å². The number of carboxylic acids is 1. The van der Waals surface area contributed by atoms with Crippen LogP contribution in [0.3, 0.4) is 0 Å². The lowest BCUT2D eigenvalue weighted by Gasteiger charge is -2.14. The lowest BCUT2D eigenvalue weighted by atomic mass is 10.0. The van der Waals surface area contributed by atoms with E-state index in [0.29, 0.717) is 25.2 Å². The van der Waals surface area contributed by atoms with Crippen molar-refractivity contribution < 1.29 is 24.2 Å². The fourth-order valence-electron chi connectivity index (χ4n) is 3.32. The molecule has 9 heteroatoms. The number of rotatable bonds is 6. The van der Waals surface area contributed by atoms with Crippen LogP contribution in [-0.2, 0) is 16.1 Å². The summed E-state index contributed by atoms with van der Waals surface area (Å²) in [7, 11) is 0. The van der Waals surface area contributed by atoms with Crippen molar-refractivity contribution in [3.63, 3.8) is 0 Å².